The van der Waals surface area contributed by atoms with Crippen LogP contribution in [-0.4, -0.2) is 53.1 Å². The van der Waals surface area contributed by atoms with E-state index in [1.54, 1.807) is 0 Å². The number of likely N-dealkylation sites (N-methyl/N-ethyl adjacent to an activating group) is 1. The van der Waals surface area contributed by atoms with E-state index < -0.39 is 6.10 Å². The number of imidazole rings is 1. The van der Waals surface area contributed by atoms with Crippen molar-refractivity contribution < 1.29 is 9.53 Å². The van der Waals surface area contributed by atoms with Crippen molar-refractivity contribution in [2.45, 2.75) is 32.4 Å². The zero-order valence-corrected chi connectivity index (χ0v) is 13.7. The fraction of sp³-hybridized carbons (Fsp3) is 0.529. The Balaban J connectivity index is 1.70. The maximum absolute atomic E-state index is 12.5. The summed E-state index contributed by atoms with van der Waals surface area (Å²) in [6.07, 6.45) is 0.373. The number of ether oxygens (including phenoxy) is 1. The molecule has 1 aromatic heterocycles. The van der Waals surface area contributed by atoms with Crippen LogP contribution in [0, 0.1) is 0 Å². The van der Waals surface area contributed by atoms with Gasteiger partial charge in [0.25, 0.3) is 5.91 Å². The van der Waals surface area contributed by atoms with Crippen LogP contribution in [0.4, 0.5) is 0 Å². The van der Waals surface area contributed by atoms with Crippen molar-refractivity contribution in [2.75, 3.05) is 26.2 Å². The van der Waals surface area contributed by atoms with Crippen LogP contribution in [0.3, 0.4) is 0 Å². The van der Waals surface area contributed by atoms with Crippen molar-refractivity contribution in [3.8, 4) is 0 Å². The number of amides is 1. The molecular weight excluding hydrogens is 292 g/mol. The van der Waals surface area contributed by atoms with E-state index >= 15 is 0 Å². The van der Waals surface area contributed by atoms with Crippen LogP contribution in [0.1, 0.15) is 32.1 Å². The summed E-state index contributed by atoms with van der Waals surface area (Å²) in [5.41, 5.74) is 1.91. The number of morpholine rings is 1. The topological polar surface area (TPSA) is 70.2 Å². The molecule has 124 valence electrons. The number of para-hydroxylation sites is 2. The molecule has 23 heavy (non-hydrogen) atoms. The Labute approximate surface area is 136 Å². The molecule has 2 aromatic rings. The van der Waals surface area contributed by atoms with Gasteiger partial charge in [0.15, 0.2) is 0 Å². The monoisotopic (exact) mass is 316 g/mol. The molecule has 2 heterocycles. The molecule has 0 aliphatic carbocycles. The van der Waals surface area contributed by atoms with Crippen molar-refractivity contribution in [2.24, 2.45) is 0 Å². The molecule has 1 saturated heterocycles. The number of carbonyl (C=O) groups is 1. The second-order valence-corrected chi connectivity index (χ2v) is 5.86. The van der Waals surface area contributed by atoms with E-state index in [-0.39, 0.29) is 11.9 Å². The third-order valence-corrected chi connectivity index (χ3v) is 4.35. The highest BCUT2D eigenvalue weighted by atomic mass is 16.5. The Morgan fingerprint density at radius 3 is 3.04 bits per heavy atom. The Morgan fingerprint density at radius 1 is 1.48 bits per heavy atom. The van der Waals surface area contributed by atoms with Gasteiger partial charge in [0.1, 0.15) is 11.9 Å². The molecule has 1 amide bonds. The second kappa shape index (κ2) is 7.10. The van der Waals surface area contributed by atoms with Gasteiger partial charge in [-0.3, -0.25) is 9.69 Å². The number of rotatable bonds is 5. The van der Waals surface area contributed by atoms with Gasteiger partial charge in [-0.05, 0) is 25.1 Å². The van der Waals surface area contributed by atoms with E-state index in [2.05, 4.69) is 27.1 Å². The molecule has 0 saturated carbocycles. The highest BCUT2D eigenvalue weighted by molar-refractivity contribution is 5.82. The molecular formula is C17H24N4O2. The quantitative estimate of drug-likeness (QED) is 0.883. The van der Waals surface area contributed by atoms with Gasteiger partial charge in [0.2, 0.25) is 0 Å². The largest absolute Gasteiger partial charge is 0.366 e. The molecule has 2 N–H and O–H groups in total. The minimum atomic E-state index is -0.401. The lowest BCUT2D eigenvalue weighted by Gasteiger charge is -2.31. The van der Waals surface area contributed by atoms with Crippen molar-refractivity contribution >= 4 is 16.9 Å². The van der Waals surface area contributed by atoms with Gasteiger partial charge in [-0.2, -0.15) is 0 Å². The van der Waals surface area contributed by atoms with Crippen LogP contribution in [0.5, 0.6) is 0 Å². The summed E-state index contributed by atoms with van der Waals surface area (Å²) < 4.78 is 5.63. The Kier molecular flexibility index (Phi) is 4.93. The maximum Gasteiger partial charge on any atom is 0.251 e. The molecule has 2 atom stereocenters. The average Bonchev–Trinajstić information content (AvgIpc) is 3.03. The van der Waals surface area contributed by atoms with Crippen molar-refractivity contribution in [3.05, 3.63) is 30.1 Å². The lowest BCUT2D eigenvalue weighted by molar-refractivity contribution is -0.139. The molecule has 0 spiro atoms. The zero-order valence-electron chi connectivity index (χ0n) is 13.7. The maximum atomic E-state index is 12.5. The highest BCUT2D eigenvalue weighted by Crippen LogP contribution is 2.19. The van der Waals surface area contributed by atoms with Crippen molar-refractivity contribution in [1.82, 2.24) is 20.2 Å². The van der Waals surface area contributed by atoms with Crippen LogP contribution in [0.25, 0.3) is 11.0 Å². The summed E-state index contributed by atoms with van der Waals surface area (Å²) in [5, 5.41) is 3.07. The van der Waals surface area contributed by atoms with Crippen LogP contribution in [0.15, 0.2) is 24.3 Å². The van der Waals surface area contributed by atoms with E-state index in [9.17, 15) is 4.79 Å². The molecule has 1 aromatic carbocycles. The SMILES string of the molecule is CCC(NC(=O)C1CN(CC)CCO1)c1nc2ccccc2[nH]1. The first-order chi connectivity index (χ1) is 11.2. The second-order valence-electron chi connectivity index (χ2n) is 5.86. The number of hydrogen-bond acceptors (Lipinski definition) is 4. The molecule has 6 nitrogen and oxygen atoms in total. The van der Waals surface area contributed by atoms with Gasteiger partial charge >= 0.3 is 0 Å². The number of benzene rings is 1. The fourth-order valence-corrected chi connectivity index (χ4v) is 2.91. The summed E-state index contributed by atoms with van der Waals surface area (Å²) in [5.74, 6) is 0.737. The number of nitrogens with zero attached hydrogens (tertiary/aromatic N) is 2. The molecule has 0 radical (unpaired) electrons. The molecule has 1 aliphatic heterocycles. The van der Waals surface area contributed by atoms with Gasteiger partial charge in [-0.1, -0.05) is 26.0 Å². The predicted molar refractivity (Wildman–Crippen MR) is 89.1 cm³/mol. The zero-order chi connectivity index (χ0) is 16.2. The van der Waals surface area contributed by atoms with Gasteiger partial charge in [0.05, 0.1) is 23.7 Å². The molecule has 1 fully saturated rings. The molecule has 6 heteroatoms. The standard InChI is InChI=1S/C17H24N4O2/c1-3-12(16-18-13-7-5-6-8-14(13)19-16)20-17(22)15-11-21(4-2)9-10-23-15/h5-8,12,15H,3-4,9-11H2,1-2H3,(H,18,19)(H,20,22). The van der Waals surface area contributed by atoms with E-state index in [4.69, 9.17) is 4.74 Å². The van der Waals surface area contributed by atoms with Crippen LogP contribution < -0.4 is 5.32 Å². The normalized spacial score (nSPS) is 20.5. The number of fused-ring (bicyclic) bond motifs is 1. The summed E-state index contributed by atoms with van der Waals surface area (Å²) in [6, 6.07) is 7.76. The molecule has 0 bridgehead atoms. The van der Waals surface area contributed by atoms with Crippen molar-refractivity contribution in [3.63, 3.8) is 0 Å². The third kappa shape index (κ3) is 3.54. The number of nitrogens with one attached hydrogen (secondary N) is 2. The van der Waals surface area contributed by atoms with E-state index in [0.717, 1.165) is 36.4 Å². The van der Waals surface area contributed by atoms with Crippen LogP contribution >= 0.6 is 0 Å². The third-order valence-electron chi connectivity index (χ3n) is 4.35. The smallest absolute Gasteiger partial charge is 0.251 e. The first-order valence-corrected chi connectivity index (χ1v) is 8.30. The highest BCUT2D eigenvalue weighted by Gasteiger charge is 2.28. The number of aromatic amines is 1. The van der Waals surface area contributed by atoms with Gasteiger partial charge in [-0.25, -0.2) is 4.98 Å². The number of hydrogen-bond donors (Lipinski definition) is 2. The number of aromatic nitrogens is 2. The predicted octanol–water partition coefficient (Wildman–Crippen LogP) is 1.85. The number of carbonyl (C=O) groups excluding carboxylic acids is 1. The van der Waals surface area contributed by atoms with E-state index in [0.29, 0.717) is 13.2 Å². The fourth-order valence-electron chi connectivity index (χ4n) is 2.91. The molecule has 3 rings (SSSR count). The Hall–Kier alpha value is -1.92. The minimum Gasteiger partial charge on any atom is -0.366 e. The summed E-state index contributed by atoms with van der Waals surface area (Å²) in [7, 11) is 0. The molecule has 1 aliphatic rings. The average molecular weight is 316 g/mol. The summed E-state index contributed by atoms with van der Waals surface area (Å²) in [4.78, 5) is 22.6. The Bertz CT molecular complexity index is 636. The lowest BCUT2D eigenvalue weighted by atomic mass is 10.2. The summed E-state index contributed by atoms with van der Waals surface area (Å²) >= 11 is 0. The molecule has 2 unspecified atom stereocenters. The van der Waals surface area contributed by atoms with Crippen molar-refractivity contribution in [1.29, 1.82) is 0 Å². The van der Waals surface area contributed by atoms with Crippen LogP contribution in [0.2, 0.25) is 0 Å². The lowest BCUT2D eigenvalue weighted by Crippen LogP contribution is -2.50. The van der Waals surface area contributed by atoms with Gasteiger partial charge < -0.3 is 15.0 Å². The first kappa shape index (κ1) is 16.0. The Morgan fingerprint density at radius 2 is 2.30 bits per heavy atom. The van der Waals surface area contributed by atoms with Gasteiger partial charge in [-0.15, -0.1) is 0 Å². The van der Waals surface area contributed by atoms with Gasteiger partial charge in [0, 0.05) is 13.1 Å². The van der Waals surface area contributed by atoms with Crippen LogP contribution in [-0.2, 0) is 9.53 Å². The number of H-pyrrole nitrogens is 1. The van der Waals surface area contributed by atoms with E-state index in [1.807, 2.05) is 31.2 Å². The van der Waals surface area contributed by atoms with E-state index in [1.165, 1.54) is 0 Å². The minimum absolute atomic E-state index is 0.0598. The first-order valence-electron chi connectivity index (χ1n) is 8.30. The summed E-state index contributed by atoms with van der Waals surface area (Å²) in [6.45, 7) is 7.23.